The predicted molar refractivity (Wildman–Crippen MR) is 80.9 cm³/mol. The van der Waals surface area contributed by atoms with Crippen LogP contribution in [0.25, 0.3) is 11.4 Å². The second-order valence-electron chi connectivity index (χ2n) is 5.91. The van der Waals surface area contributed by atoms with Gasteiger partial charge in [-0.2, -0.15) is 5.10 Å². The van der Waals surface area contributed by atoms with Gasteiger partial charge in [-0.3, -0.25) is 9.89 Å². The Morgan fingerprint density at radius 2 is 1.90 bits per heavy atom. The lowest BCUT2D eigenvalue weighted by atomic mass is 9.87. The molecule has 0 aliphatic rings. The summed E-state index contributed by atoms with van der Waals surface area (Å²) in [4.78, 5) is 15.7. The molecule has 1 N–H and O–H groups in total. The molecule has 2 rings (SSSR count). The minimum absolute atomic E-state index is 0.112. The van der Waals surface area contributed by atoms with Crippen LogP contribution in [-0.2, 0) is 21.4 Å². The maximum absolute atomic E-state index is 11.4. The predicted octanol–water partition coefficient (Wildman–Crippen LogP) is 2.87. The molecule has 2 aromatic rings. The van der Waals surface area contributed by atoms with Crippen LogP contribution in [0, 0.1) is 0 Å². The van der Waals surface area contributed by atoms with Gasteiger partial charge in [-0.05, 0) is 17.9 Å². The molecule has 0 saturated heterocycles. The third kappa shape index (κ3) is 3.90. The first kappa shape index (κ1) is 15.2. The molecular formula is C16H21N3O2. The molecule has 1 aromatic carbocycles. The SMILES string of the molecule is CCOC(=O)Cc1nc(-c2ccc(C(C)(C)C)cc2)n[nH]1. The number of nitrogens with zero attached hydrogens (tertiary/aromatic N) is 2. The van der Waals surface area contributed by atoms with Crippen molar-refractivity contribution in [2.75, 3.05) is 6.61 Å². The summed E-state index contributed by atoms with van der Waals surface area (Å²) in [6.07, 6.45) is 0.112. The van der Waals surface area contributed by atoms with Gasteiger partial charge in [0, 0.05) is 5.56 Å². The number of benzene rings is 1. The van der Waals surface area contributed by atoms with Crippen LogP contribution in [0.3, 0.4) is 0 Å². The Balaban J connectivity index is 2.12. The lowest BCUT2D eigenvalue weighted by Gasteiger charge is -2.18. The highest BCUT2D eigenvalue weighted by Gasteiger charge is 2.14. The van der Waals surface area contributed by atoms with Crippen molar-refractivity contribution >= 4 is 5.97 Å². The van der Waals surface area contributed by atoms with Gasteiger partial charge in [0.2, 0.25) is 0 Å². The molecule has 0 unspecified atom stereocenters. The standard InChI is InChI=1S/C16H21N3O2/c1-5-21-14(20)10-13-17-15(19-18-13)11-6-8-12(9-7-11)16(2,3)4/h6-9H,5,10H2,1-4H3,(H,17,18,19). The number of carbonyl (C=O) groups excluding carboxylic acids is 1. The summed E-state index contributed by atoms with van der Waals surface area (Å²) in [5, 5.41) is 6.92. The summed E-state index contributed by atoms with van der Waals surface area (Å²) < 4.78 is 4.89. The van der Waals surface area contributed by atoms with Crippen LogP contribution in [0.4, 0.5) is 0 Å². The van der Waals surface area contributed by atoms with Crippen molar-refractivity contribution in [3.8, 4) is 11.4 Å². The number of esters is 1. The second kappa shape index (κ2) is 6.08. The summed E-state index contributed by atoms with van der Waals surface area (Å²) in [7, 11) is 0. The van der Waals surface area contributed by atoms with Crippen molar-refractivity contribution in [3.05, 3.63) is 35.7 Å². The van der Waals surface area contributed by atoms with Gasteiger partial charge in [0.25, 0.3) is 0 Å². The van der Waals surface area contributed by atoms with Crippen LogP contribution in [0.15, 0.2) is 24.3 Å². The average Bonchev–Trinajstić information content (AvgIpc) is 2.86. The van der Waals surface area contributed by atoms with Crippen LogP contribution >= 0.6 is 0 Å². The second-order valence-corrected chi connectivity index (χ2v) is 5.91. The number of H-pyrrole nitrogens is 1. The van der Waals surface area contributed by atoms with E-state index in [1.165, 1.54) is 5.56 Å². The van der Waals surface area contributed by atoms with Gasteiger partial charge >= 0.3 is 5.97 Å². The molecule has 0 spiro atoms. The van der Waals surface area contributed by atoms with Gasteiger partial charge in [-0.25, -0.2) is 4.98 Å². The first-order valence-electron chi connectivity index (χ1n) is 7.08. The van der Waals surface area contributed by atoms with E-state index in [-0.39, 0.29) is 17.8 Å². The molecule has 0 amide bonds. The highest BCUT2D eigenvalue weighted by molar-refractivity contribution is 5.71. The number of carbonyl (C=O) groups is 1. The van der Waals surface area contributed by atoms with E-state index in [1.807, 2.05) is 12.1 Å². The number of aromatic amines is 1. The normalized spacial score (nSPS) is 11.4. The Hall–Kier alpha value is -2.17. The topological polar surface area (TPSA) is 67.9 Å². The molecule has 0 fully saturated rings. The molecule has 1 heterocycles. The molecule has 0 bridgehead atoms. The van der Waals surface area contributed by atoms with Crippen LogP contribution in [0.1, 0.15) is 39.1 Å². The number of hydrogen-bond acceptors (Lipinski definition) is 4. The highest BCUT2D eigenvalue weighted by Crippen LogP contribution is 2.24. The molecule has 5 heteroatoms. The van der Waals surface area contributed by atoms with E-state index in [9.17, 15) is 4.79 Å². The maximum Gasteiger partial charge on any atom is 0.313 e. The van der Waals surface area contributed by atoms with Crippen molar-refractivity contribution in [2.24, 2.45) is 0 Å². The summed E-state index contributed by atoms with van der Waals surface area (Å²) in [6.45, 7) is 8.67. The number of hydrogen-bond donors (Lipinski definition) is 1. The van der Waals surface area contributed by atoms with E-state index in [1.54, 1.807) is 6.92 Å². The number of aromatic nitrogens is 3. The Kier molecular flexibility index (Phi) is 4.40. The van der Waals surface area contributed by atoms with E-state index in [2.05, 4.69) is 48.1 Å². The van der Waals surface area contributed by atoms with Gasteiger partial charge in [-0.1, -0.05) is 45.0 Å². The smallest absolute Gasteiger partial charge is 0.313 e. The molecule has 0 radical (unpaired) electrons. The largest absolute Gasteiger partial charge is 0.466 e. The van der Waals surface area contributed by atoms with Gasteiger partial charge in [0.15, 0.2) is 5.82 Å². The van der Waals surface area contributed by atoms with Gasteiger partial charge in [-0.15, -0.1) is 0 Å². The zero-order valence-electron chi connectivity index (χ0n) is 12.9. The molecule has 112 valence electrons. The maximum atomic E-state index is 11.4. The number of nitrogens with one attached hydrogen (secondary N) is 1. The Labute approximate surface area is 124 Å². The summed E-state index contributed by atoms with van der Waals surface area (Å²) in [5.41, 5.74) is 2.30. The van der Waals surface area contributed by atoms with Crippen molar-refractivity contribution in [1.29, 1.82) is 0 Å². The van der Waals surface area contributed by atoms with E-state index in [4.69, 9.17) is 4.74 Å². The van der Waals surface area contributed by atoms with Gasteiger partial charge in [0.1, 0.15) is 12.2 Å². The molecule has 21 heavy (non-hydrogen) atoms. The molecule has 1 aromatic heterocycles. The monoisotopic (exact) mass is 287 g/mol. The average molecular weight is 287 g/mol. The molecule has 0 aliphatic carbocycles. The van der Waals surface area contributed by atoms with Crippen molar-refractivity contribution in [3.63, 3.8) is 0 Å². The lowest BCUT2D eigenvalue weighted by molar-refractivity contribution is -0.142. The van der Waals surface area contributed by atoms with Crippen LogP contribution in [-0.4, -0.2) is 27.8 Å². The first-order valence-corrected chi connectivity index (χ1v) is 7.08. The molecule has 5 nitrogen and oxygen atoms in total. The zero-order valence-corrected chi connectivity index (χ0v) is 12.9. The number of rotatable bonds is 4. The van der Waals surface area contributed by atoms with E-state index in [0.717, 1.165) is 5.56 Å². The zero-order chi connectivity index (χ0) is 15.5. The minimum atomic E-state index is -0.303. The fourth-order valence-electron chi connectivity index (χ4n) is 1.97. The van der Waals surface area contributed by atoms with Gasteiger partial charge < -0.3 is 4.74 Å². The molecular weight excluding hydrogens is 266 g/mol. The van der Waals surface area contributed by atoms with Crippen LogP contribution in [0.2, 0.25) is 0 Å². The third-order valence-electron chi connectivity index (χ3n) is 3.16. The summed E-state index contributed by atoms with van der Waals surface area (Å²) in [5.74, 6) is 0.807. The molecule has 0 saturated carbocycles. The van der Waals surface area contributed by atoms with Gasteiger partial charge in [0.05, 0.1) is 6.61 Å². The molecule has 0 atom stereocenters. The van der Waals surface area contributed by atoms with E-state index < -0.39 is 0 Å². The highest BCUT2D eigenvalue weighted by atomic mass is 16.5. The van der Waals surface area contributed by atoms with Crippen molar-refractivity contribution in [1.82, 2.24) is 15.2 Å². The summed E-state index contributed by atoms with van der Waals surface area (Å²) >= 11 is 0. The Bertz CT molecular complexity index is 609. The fraction of sp³-hybridized carbons (Fsp3) is 0.438. The molecule has 0 aliphatic heterocycles. The van der Waals surface area contributed by atoms with Crippen molar-refractivity contribution < 1.29 is 9.53 Å². The Morgan fingerprint density at radius 1 is 1.24 bits per heavy atom. The third-order valence-corrected chi connectivity index (χ3v) is 3.16. The fourth-order valence-corrected chi connectivity index (χ4v) is 1.97. The Morgan fingerprint density at radius 3 is 2.48 bits per heavy atom. The van der Waals surface area contributed by atoms with Crippen molar-refractivity contribution in [2.45, 2.75) is 39.5 Å². The van der Waals surface area contributed by atoms with E-state index >= 15 is 0 Å². The number of ether oxygens (including phenoxy) is 1. The van der Waals surface area contributed by atoms with Crippen LogP contribution in [0.5, 0.6) is 0 Å². The van der Waals surface area contributed by atoms with E-state index in [0.29, 0.717) is 18.3 Å². The minimum Gasteiger partial charge on any atom is -0.466 e. The first-order chi connectivity index (χ1) is 9.90. The lowest BCUT2D eigenvalue weighted by Crippen LogP contribution is -2.10. The summed E-state index contributed by atoms with van der Waals surface area (Å²) in [6, 6.07) is 8.16. The van der Waals surface area contributed by atoms with Crippen LogP contribution < -0.4 is 0 Å². The quantitative estimate of drug-likeness (QED) is 0.878.